The van der Waals surface area contributed by atoms with Crippen LogP contribution in [0.25, 0.3) is 16.8 Å². The molecule has 2 N–H and O–H groups in total. The molecule has 2 saturated carbocycles. The van der Waals surface area contributed by atoms with Crippen LogP contribution in [0.1, 0.15) is 63.5 Å². The Balaban J connectivity index is 1.35. The van der Waals surface area contributed by atoms with Gasteiger partial charge in [-0.15, -0.1) is 5.10 Å². The molecule has 2 bridgehead atoms. The molecule has 10 heteroatoms. The molecule has 178 valence electrons. The van der Waals surface area contributed by atoms with Crippen molar-refractivity contribution < 1.29 is 18.3 Å². The van der Waals surface area contributed by atoms with Crippen molar-refractivity contribution in [3.8, 4) is 11.3 Å². The summed E-state index contributed by atoms with van der Waals surface area (Å²) in [6.45, 7) is 1.82. The van der Waals surface area contributed by atoms with Crippen LogP contribution in [-0.2, 0) is 0 Å². The highest BCUT2D eigenvalue weighted by Crippen LogP contribution is 2.51. The van der Waals surface area contributed by atoms with Gasteiger partial charge in [-0.1, -0.05) is 0 Å². The molecule has 3 aromatic heterocycles. The van der Waals surface area contributed by atoms with Gasteiger partial charge in [-0.3, -0.25) is 9.98 Å². The van der Waals surface area contributed by atoms with Gasteiger partial charge in [-0.25, -0.2) is 22.7 Å². The van der Waals surface area contributed by atoms with Crippen molar-refractivity contribution in [2.24, 2.45) is 4.99 Å². The van der Waals surface area contributed by atoms with Crippen LogP contribution in [0.5, 0.6) is 0 Å². The Kier molecular flexibility index (Phi) is 4.74. The first kappa shape index (κ1) is 21.5. The lowest BCUT2D eigenvalue weighted by Crippen LogP contribution is -2.34. The first-order valence-corrected chi connectivity index (χ1v) is 11.6. The summed E-state index contributed by atoms with van der Waals surface area (Å²) in [5.74, 6) is -0.610. The number of pyridine rings is 1. The van der Waals surface area contributed by atoms with E-state index in [2.05, 4.69) is 25.4 Å². The first-order chi connectivity index (χ1) is 16.2. The average Bonchev–Trinajstić information content (AvgIpc) is 3.39. The fraction of sp³-hybridized carbons (Fsp3) is 0.500. The van der Waals surface area contributed by atoms with Crippen molar-refractivity contribution in [1.82, 2.24) is 19.6 Å². The van der Waals surface area contributed by atoms with Gasteiger partial charge in [0.2, 0.25) is 12.4 Å². The summed E-state index contributed by atoms with van der Waals surface area (Å²) < 4.78 is 42.9. The minimum absolute atomic E-state index is 0.227. The fourth-order valence-electron chi connectivity index (χ4n) is 5.95. The summed E-state index contributed by atoms with van der Waals surface area (Å²) >= 11 is 0. The summed E-state index contributed by atoms with van der Waals surface area (Å²) in [5, 5.41) is 18.3. The maximum absolute atomic E-state index is 15.1. The highest BCUT2D eigenvalue weighted by atomic mass is 19.3. The van der Waals surface area contributed by atoms with E-state index in [0.717, 1.165) is 31.4 Å². The Morgan fingerprint density at radius 2 is 2.03 bits per heavy atom. The zero-order chi connectivity index (χ0) is 23.7. The first-order valence-electron chi connectivity index (χ1n) is 11.6. The van der Waals surface area contributed by atoms with Crippen molar-refractivity contribution in [3.05, 3.63) is 36.0 Å². The predicted molar refractivity (Wildman–Crippen MR) is 121 cm³/mol. The van der Waals surface area contributed by atoms with E-state index in [1.54, 1.807) is 18.3 Å². The van der Waals surface area contributed by atoms with E-state index in [4.69, 9.17) is 0 Å². The number of alkyl halides is 2. The van der Waals surface area contributed by atoms with Gasteiger partial charge >= 0.3 is 0 Å². The van der Waals surface area contributed by atoms with E-state index in [1.165, 1.54) is 10.7 Å². The molecule has 6 rings (SSSR count). The van der Waals surface area contributed by atoms with Crippen LogP contribution in [-0.4, -0.2) is 48.0 Å². The van der Waals surface area contributed by atoms with Crippen molar-refractivity contribution in [2.45, 2.75) is 75.4 Å². The molecule has 2 fully saturated rings. The van der Waals surface area contributed by atoms with Crippen LogP contribution < -0.4 is 5.32 Å². The van der Waals surface area contributed by atoms with Gasteiger partial charge in [0.05, 0.1) is 46.2 Å². The number of nitrogens with one attached hydrogen (secondary N) is 1. The van der Waals surface area contributed by atoms with Gasteiger partial charge in [-0.2, -0.15) is 0 Å². The third kappa shape index (κ3) is 3.55. The van der Waals surface area contributed by atoms with E-state index in [9.17, 15) is 13.9 Å². The molecule has 0 aromatic carbocycles. The van der Waals surface area contributed by atoms with Gasteiger partial charge < -0.3 is 10.4 Å². The second-order valence-electron chi connectivity index (χ2n) is 10.0. The quantitative estimate of drug-likeness (QED) is 0.547. The lowest BCUT2D eigenvalue weighted by Gasteiger charge is -2.27. The Bertz CT molecular complexity index is 1310. The number of nitrogens with zero attached hydrogens (tertiary/aromatic N) is 5. The number of aliphatic hydroxyl groups is 1. The van der Waals surface area contributed by atoms with Crippen molar-refractivity contribution in [1.29, 1.82) is 0 Å². The monoisotopic (exact) mass is 470 g/mol. The number of hydrogen-bond donors (Lipinski definition) is 2. The molecule has 2 aliphatic carbocycles. The van der Waals surface area contributed by atoms with Crippen LogP contribution in [0.4, 0.5) is 24.8 Å². The largest absolute Gasteiger partial charge is 0.390 e. The third-order valence-electron chi connectivity index (χ3n) is 7.53. The highest BCUT2D eigenvalue weighted by molar-refractivity contribution is 5.88. The topological polar surface area (TPSA) is 87.7 Å². The molecule has 34 heavy (non-hydrogen) atoms. The van der Waals surface area contributed by atoms with Gasteiger partial charge in [0.1, 0.15) is 0 Å². The Morgan fingerprint density at radius 1 is 1.24 bits per heavy atom. The fourth-order valence-corrected chi connectivity index (χ4v) is 5.95. The lowest BCUT2D eigenvalue weighted by atomic mass is 9.91. The highest BCUT2D eigenvalue weighted by Gasteiger charge is 2.53. The molecule has 0 amide bonds. The minimum Gasteiger partial charge on any atom is -0.390 e. The zero-order valence-electron chi connectivity index (χ0n) is 18.7. The Labute approximate surface area is 194 Å². The SMILES string of the molecule is CC1=Nc2ccc(-c3c(F)cn4nc(NC56CCC(O)(CC5)C6)ncc34)nc2C(CC(F)F)C1. The van der Waals surface area contributed by atoms with Crippen LogP contribution >= 0.6 is 0 Å². The maximum Gasteiger partial charge on any atom is 0.241 e. The summed E-state index contributed by atoms with van der Waals surface area (Å²) in [7, 11) is 0. The second-order valence-corrected chi connectivity index (χ2v) is 10.0. The van der Waals surface area contributed by atoms with E-state index in [-0.39, 0.29) is 17.5 Å². The standard InChI is InChI=1S/C24H25F3N6O/c1-13-8-14(9-19(26)27)21-17(29-13)3-2-16(30-21)20-15(25)11-33-18(20)10-28-22(32-33)31-23-4-6-24(34,12-23)7-5-23/h2-3,10-11,14,19,34H,4-9,12H2,1H3,(H,31,32). The summed E-state index contributed by atoms with van der Waals surface area (Å²) in [4.78, 5) is 13.5. The Hall–Kier alpha value is -3.01. The van der Waals surface area contributed by atoms with E-state index >= 15 is 4.39 Å². The molecule has 3 aliphatic rings. The number of hydrogen-bond acceptors (Lipinski definition) is 6. The molecule has 3 aromatic rings. The maximum atomic E-state index is 15.1. The molecule has 0 spiro atoms. The average molecular weight is 470 g/mol. The van der Waals surface area contributed by atoms with Gasteiger partial charge in [0.15, 0.2) is 5.82 Å². The Morgan fingerprint density at radius 3 is 2.74 bits per heavy atom. The number of fused-ring (bicyclic) bond motifs is 4. The summed E-state index contributed by atoms with van der Waals surface area (Å²) in [6, 6.07) is 3.36. The normalized spacial score (nSPS) is 27.9. The predicted octanol–water partition coefficient (Wildman–Crippen LogP) is 5.02. The molecular formula is C24H25F3N6O. The number of aromatic nitrogens is 4. The summed E-state index contributed by atoms with van der Waals surface area (Å²) in [6.07, 6.45) is 4.30. The van der Waals surface area contributed by atoms with E-state index < -0.39 is 23.8 Å². The van der Waals surface area contributed by atoms with Gasteiger partial charge in [0.25, 0.3) is 0 Å². The lowest BCUT2D eigenvalue weighted by molar-refractivity contribution is 0.0521. The zero-order valence-corrected chi connectivity index (χ0v) is 18.7. The number of rotatable bonds is 5. The van der Waals surface area contributed by atoms with Gasteiger partial charge in [-0.05, 0) is 57.6 Å². The molecular weight excluding hydrogens is 445 g/mol. The van der Waals surface area contributed by atoms with Crippen LogP contribution in [0.2, 0.25) is 0 Å². The molecule has 7 nitrogen and oxygen atoms in total. The van der Waals surface area contributed by atoms with Crippen LogP contribution in [0, 0.1) is 5.82 Å². The van der Waals surface area contributed by atoms with Crippen molar-refractivity contribution in [2.75, 3.05) is 5.32 Å². The molecule has 4 heterocycles. The van der Waals surface area contributed by atoms with E-state index in [1.807, 2.05) is 6.92 Å². The van der Waals surface area contributed by atoms with Crippen molar-refractivity contribution >= 4 is 22.9 Å². The molecule has 0 saturated heterocycles. The second kappa shape index (κ2) is 7.49. The van der Waals surface area contributed by atoms with Crippen LogP contribution in [0.3, 0.4) is 0 Å². The molecule has 1 unspecified atom stereocenters. The number of anilines is 1. The third-order valence-corrected chi connectivity index (χ3v) is 7.53. The number of aliphatic imine (C=N–C) groups is 1. The van der Waals surface area contributed by atoms with Crippen LogP contribution in [0.15, 0.2) is 29.5 Å². The molecule has 0 radical (unpaired) electrons. The molecule has 1 atom stereocenters. The number of halogens is 3. The van der Waals surface area contributed by atoms with E-state index in [0.29, 0.717) is 41.4 Å². The van der Waals surface area contributed by atoms with Gasteiger partial charge in [0, 0.05) is 23.6 Å². The minimum atomic E-state index is -2.46. The molecule has 1 aliphatic heterocycles. The summed E-state index contributed by atoms with van der Waals surface area (Å²) in [5.41, 5.74) is 1.97. The van der Waals surface area contributed by atoms with Crippen molar-refractivity contribution in [3.63, 3.8) is 0 Å². The smallest absolute Gasteiger partial charge is 0.241 e.